The van der Waals surface area contributed by atoms with Crippen molar-refractivity contribution in [3.8, 4) is 11.5 Å². The van der Waals surface area contributed by atoms with Crippen molar-refractivity contribution in [2.45, 2.75) is 18.7 Å². The summed E-state index contributed by atoms with van der Waals surface area (Å²) in [5, 5.41) is -0.191. The molecule has 0 aliphatic carbocycles. The number of benzene rings is 2. The molecule has 3 heteroatoms. The lowest BCUT2D eigenvalue weighted by Crippen LogP contribution is -2.02. The van der Waals surface area contributed by atoms with Crippen LogP contribution in [0.25, 0.3) is 0 Å². The molecule has 0 aliphatic heterocycles. The van der Waals surface area contributed by atoms with Gasteiger partial charge in [0.05, 0.1) is 25.2 Å². The van der Waals surface area contributed by atoms with Gasteiger partial charge in [-0.15, -0.1) is 11.6 Å². The van der Waals surface area contributed by atoms with Crippen molar-refractivity contribution >= 4 is 11.6 Å². The average molecular weight is 291 g/mol. The third kappa shape index (κ3) is 3.26. The third-order valence-corrected chi connectivity index (χ3v) is 3.69. The maximum Gasteiger partial charge on any atom is 0.127 e. The Morgan fingerprint density at radius 2 is 1.50 bits per heavy atom. The summed E-state index contributed by atoms with van der Waals surface area (Å²) in [6.07, 6.45) is 0.735. The zero-order valence-electron chi connectivity index (χ0n) is 12.0. The van der Waals surface area contributed by atoms with E-state index in [1.165, 1.54) is 11.1 Å². The molecular formula is C17H19ClO2. The van der Waals surface area contributed by atoms with Crippen molar-refractivity contribution in [2.24, 2.45) is 0 Å². The lowest BCUT2D eigenvalue weighted by molar-refractivity contribution is 0.384. The molecule has 0 saturated carbocycles. The Labute approximate surface area is 125 Å². The number of aryl methyl sites for hydroxylation is 1. The van der Waals surface area contributed by atoms with Crippen LogP contribution in [-0.2, 0) is 6.42 Å². The summed E-state index contributed by atoms with van der Waals surface area (Å²) in [5.41, 5.74) is 3.35. The van der Waals surface area contributed by atoms with Crippen molar-refractivity contribution in [1.29, 1.82) is 0 Å². The van der Waals surface area contributed by atoms with Crippen LogP contribution in [0, 0.1) is 6.92 Å². The topological polar surface area (TPSA) is 18.5 Å². The van der Waals surface area contributed by atoms with Crippen molar-refractivity contribution < 1.29 is 9.47 Å². The van der Waals surface area contributed by atoms with Gasteiger partial charge in [0.1, 0.15) is 11.5 Å². The molecule has 0 aromatic heterocycles. The van der Waals surface area contributed by atoms with Crippen LogP contribution in [0.4, 0.5) is 0 Å². The van der Waals surface area contributed by atoms with Gasteiger partial charge in [0.25, 0.3) is 0 Å². The van der Waals surface area contributed by atoms with Gasteiger partial charge in [0, 0.05) is 0 Å². The number of halogens is 1. The number of ether oxygens (including phenoxy) is 2. The van der Waals surface area contributed by atoms with Crippen LogP contribution in [0.2, 0.25) is 0 Å². The van der Waals surface area contributed by atoms with E-state index in [2.05, 4.69) is 31.2 Å². The van der Waals surface area contributed by atoms with Gasteiger partial charge in [-0.05, 0) is 31.0 Å². The average Bonchev–Trinajstić information content (AvgIpc) is 2.48. The summed E-state index contributed by atoms with van der Waals surface area (Å²) in [4.78, 5) is 0. The van der Waals surface area contributed by atoms with Gasteiger partial charge in [-0.25, -0.2) is 0 Å². The Bertz CT molecular complexity index is 541. The summed E-state index contributed by atoms with van der Waals surface area (Å²) in [5.74, 6) is 1.52. The van der Waals surface area contributed by atoms with E-state index in [4.69, 9.17) is 21.1 Å². The van der Waals surface area contributed by atoms with E-state index < -0.39 is 0 Å². The first-order valence-electron chi connectivity index (χ1n) is 6.56. The molecule has 1 atom stereocenters. The normalized spacial score (nSPS) is 12.0. The SMILES string of the molecule is COc1cccc(OC)c1C(Cl)Cc1ccc(C)cc1. The Balaban J connectivity index is 2.28. The Morgan fingerprint density at radius 3 is 2.00 bits per heavy atom. The molecule has 0 fully saturated rings. The second-order valence-corrected chi connectivity index (χ2v) is 5.26. The van der Waals surface area contributed by atoms with Crippen LogP contribution in [0.15, 0.2) is 42.5 Å². The van der Waals surface area contributed by atoms with E-state index in [0.29, 0.717) is 0 Å². The first kappa shape index (κ1) is 14.7. The fraction of sp³-hybridized carbons (Fsp3) is 0.294. The molecule has 0 spiro atoms. The van der Waals surface area contributed by atoms with Crippen molar-refractivity contribution in [1.82, 2.24) is 0 Å². The molecule has 0 aliphatic rings. The Morgan fingerprint density at radius 1 is 0.950 bits per heavy atom. The molecule has 2 aromatic carbocycles. The summed E-state index contributed by atoms with van der Waals surface area (Å²) < 4.78 is 10.8. The molecule has 0 heterocycles. The Hall–Kier alpha value is -1.67. The molecular weight excluding hydrogens is 272 g/mol. The largest absolute Gasteiger partial charge is 0.496 e. The molecule has 20 heavy (non-hydrogen) atoms. The van der Waals surface area contributed by atoms with Crippen LogP contribution in [-0.4, -0.2) is 14.2 Å². The van der Waals surface area contributed by atoms with Crippen LogP contribution >= 0.6 is 11.6 Å². The molecule has 1 unspecified atom stereocenters. The monoisotopic (exact) mass is 290 g/mol. The highest BCUT2D eigenvalue weighted by atomic mass is 35.5. The fourth-order valence-electron chi connectivity index (χ4n) is 2.22. The zero-order valence-corrected chi connectivity index (χ0v) is 12.8. The highest BCUT2D eigenvalue weighted by Gasteiger charge is 2.19. The van der Waals surface area contributed by atoms with Gasteiger partial charge in [0.2, 0.25) is 0 Å². The molecule has 2 rings (SSSR count). The summed E-state index contributed by atoms with van der Waals surface area (Å²) in [6.45, 7) is 2.07. The smallest absolute Gasteiger partial charge is 0.127 e. The lowest BCUT2D eigenvalue weighted by atomic mass is 10.0. The van der Waals surface area contributed by atoms with Gasteiger partial charge < -0.3 is 9.47 Å². The minimum absolute atomic E-state index is 0.191. The van der Waals surface area contributed by atoms with Crippen molar-refractivity contribution in [2.75, 3.05) is 14.2 Å². The van der Waals surface area contributed by atoms with E-state index in [9.17, 15) is 0 Å². The molecule has 0 saturated heterocycles. The van der Waals surface area contributed by atoms with E-state index >= 15 is 0 Å². The van der Waals surface area contributed by atoms with Gasteiger partial charge in [-0.3, -0.25) is 0 Å². The highest BCUT2D eigenvalue weighted by Crippen LogP contribution is 2.39. The predicted octanol–water partition coefficient (Wildman–Crippen LogP) is 4.53. The number of rotatable bonds is 5. The summed E-state index contributed by atoms with van der Waals surface area (Å²) in [7, 11) is 3.29. The molecule has 0 amide bonds. The van der Waals surface area contributed by atoms with Gasteiger partial charge in [-0.1, -0.05) is 35.9 Å². The standard InChI is InChI=1S/C17H19ClO2/c1-12-7-9-13(10-8-12)11-14(18)17-15(19-2)5-4-6-16(17)20-3/h4-10,14H,11H2,1-3H3. The number of hydrogen-bond acceptors (Lipinski definition) is 2. The minimum atomic E-state index is -0.191. The quantitative estimate of drug-likeness (QED) is 0.753. The number of methoxy groups -OCH3 is 2. The lowest BCUT2D eigenvalue weighted by Gasteiger charge is -2.17. The van der Waals surface area contributed by atoms with Gasteiger partial charge in [-0.2, -0.15) is 0 Å². The van der Waals surface area contributed by atoms with Gasteiger partial charge >= 0.3 is 0 Å². The van der Waals surface area contributed by atoms with E-state index in [-0.39, 0.29) is 5.38 Å². The number of alkyl halides is 1. The zero-order chi connectivity index (χ0) is 14.5. The van der Waals surface area contributed by atoms with Crippen molar-refractivity contribution in [3.05, 3.63) is 59.2 Å². The molecule has 0 radical (unpaired) electrons. The van der Waals surface area contributed by atoms with E-state index in [1.54, 1.807) is 14.2 Å². The van der Waals surface area contributed by atoms with Crippen LogP contribution in [0.5, 0.6) is 11.5 Å². The second-order valence-electron chi connectivity index (χ2n) is 4.73. The minimum Gasteiger partial charge on any atom is -0.496 e. The summed E-state index contributed by atoms with van der Waals surface area (Å²) in [6, 6.07) is 14.1. The molecule has 0 bridgehead atoms. The first-order valence-corrected chi connectivity index (χ1v) is 7.00. The second kappa shape index (κ2) is 6.67. The van der Waals surface area contributed by atoms with Crippen LogP contribution in [0.3, 0.4) is 0 Å². The molecule has 106 valence electrons. The van der Waals surface area contributed by atoms with Crippen LogP contribution in [0.1, 0.15) is 22.1 Å². The fourth-order valence-corrected chi connectivity index (χ4v) is 2.62. The van der Waals surface area contributed by atoms with Crippen LogP contribution < -0.4 is 9.47 Å². The molecule has 0 N–H and O–H groups in total. The maximum atomic E-state index is 6.59. The van der Waals surface area contributed by atoms with E-state index in [0.717, 1.165) is 23.5 Å². The summed E-state index contributed by atoms with van der Waals surface area (Å²) >= 11 is 6.59. The highest BCUT2D eigenvalue weighted by molar-refractivity contribution is 6.21. The third-order valence-electron chi connectivity index (χ3n) is 3.31. The van der Waals surface area contributed by atoms with E-state index in [1.807, 2.05) is 18.2 Å². The number of hydrogen-bond donors (Lipinski definition) is 0. The van der Waals surface area contributed by atoms with Gasteiger partial charge in [0.15, 0.2) is 0 Å². The predicted molar refractivity (Wildman–Crippen MR) is 83.0 cm³/mol. The molecule has 2 aromatic rings. The first-order chi connectivity index (χ1) is 9.65. The Kier molecular flexibility index (Phi) is 4.91. The van der Waals surface area contributed by atoms with Crippen molar-refractivity contribution in [3.63, 3.8) is 0 Å². The molecule has 2 nitrogen and oxygen atoms in total. The maximum absolute atomic E-state index is 6.59.